The Hall–Kier alpha value is -1.52. The fourth-order valence-electron chi connectivity index (χ4n) is 3.87. The predicted molar refractivity (Wildman–Crippen MR) is 94.9 cm³/mol. The molecular formula is C19H20BrNO2. The third-order valence-corrected chi connectivity index (χ3v) is 5.39. The van der Waals surface area contributed by atoms with Crippen molar-refractivity contribution in [3.8, 4) is 5.75 Å². The van der Waals surface area contributed by atoms with Crippen molar-refractivity contribution in [2.45, 2.75) is 25.0 Å². The number of anilines is 1. The quantitative estimate of drug-likeness (QED) is 0.794. The standard InChI is InChI=1S/C19H20BrNO2/c1-22-17-9-8-12(20)11-15(17)18-14-6-4-10-23-19(14)13-5-2-3-7-16(13)21-18/h2-3,5,7-9,11,14,18-19,21H,4,6,10H2,1H3/t14-,18-,19+/m1/s1. The monoisotopic (exact) mass is 373 g/mol. The van der Waals surface area contributed by atoms with Gasteiger partial charge in [-0.05, 0) is 37.1 Å². The van der Waals surface area contributed by atoms with Crippen molar-refractivity contribution in [2.75, 3.05) is 19.0 Å². The predicted octanol–water partition coefficient (Wildman–Crippen LogP) is 5.09. The molecule has 0 spiro atoms. The van der Waals surface area contributed by atoms with Gasteiger partial charge in [0.1, 0.15) is 5.75 Å². The minimum atomic E-state index is 0.162. The largest absolute Gasteiger partial charge is 0.496 e. The Kier molecular flexibility index (Phi) is 4.04. The first-order valence-corrected chi connectivity index (χ1v) is 8.88. The van der Waals surface area contributed by atoms with Gasteiger partial charge in [0, 0.05) is 33.8 Å². The van der Waals surface area contributed by atoms with E-state index in [2.05, 4.69) is 51.6 Å². The summed E-state index contributed by atoms with van der Waals surface area (Å²) in [6.45, 7) is 0.845. The lowest BCUT2D eigenvalue weighted by Gasteiger charge is -2.43. The maximum absolute atomic E-state index is 6.17. The van der Waals surface area contributed by atoms with Crippen LogP contribution in [0.1, 0.15) is 36.1 Å². The summed E-state index contributed by atoms with van der Waals surface area (Å²) in [7, 11) is 1.73. The van der Waals surface area contributed by atoms with Gasteiger partial charge in [-0.3, -0.25) is 0 Å². The minimum Gasteiger partial charge on any atom is -0.496 e. The smallest absolute Gasteiger partial charge is 0.124 e. The molecule has 0 saturated carbocycles. The van der Waals surface area contributed by atoms with Crippen molar-refractivity contribution in [1.29, 1.82) is 0 Å². The van der Waals surface area contributed by atoms with Crippen LogP contribution in [0.5, 0.6) is 5.75 Å². The lowest BCUT2D eigenvalue weighted by molar-refractivity contribution is -0.0383. The second-order valence-electron chi connectivity index (χ2n) is 6.19. The van der Waals surface area contributed by atoms with Crippen LogP contribution < -0.4 is 10.1 Å². The SMILES string of the molecule is COc1ccc(Br)cc1[C@@H]1Nc2ccccc2[C@@H]2OCCC[C@H]12. The summed E-state index contributed by atoms with van der Waals surface area (Å²) in [5, 5.41) is 3.73. The first kappa shape index (κ1) is 15.0. The van der Waals surface area contributed by atoms with Gasteiger partial charge in [0.15, 0.2) is 0 Å². The van der Waals surface area contributed by atoms with Crippen LogP contribution in [0.3, 0.4) is 0 Å². The first-order chi connectivity index (χ1) is 11.3. The van der Waals surface area contributed by atoms with E-state index in [1.807, 2.05) is 12.1 Å². The van der Waals surface area contributed by atoms with E-state index < -0.39 is 0 Å². The summed E-state index contributed by atoms with van der Waals surface area (Å²) in [5.74, 6) is 1.34. The molecule has 2 heterocycles. The Morgan fingerprint density at radius 1 is 1.17 bits per heavy atom. The highest BCUT2D eigenvalue weighted by molar-refractivity contribution is 9.10. The summed E-state index contributed by atoms with van der Waals surface area (Å²) in [5.41, 5.74) is 3.64. The number of nitrogens with one attached hydrogen (secondary N) is 1. The first-order valence-electron chi connectivity index (χ1n) is 8.08. The molecule has 4 heteroatoms. The number of benzene rings is 2. The number of methoxy groups -OCH3 is 1. The number of hydrogen-bond donors (Lipinski definition) is 1. The highest BCUT2D eigenvalue weighted by Crippen LogP contribution is 2.50. The molecule has 3 atom stereocenters. The molecule has 4 rings (SSSR count). The van der Waals surface area contributed by atoms with Gasteiger partial charge in [0.25, 0.3) is 0 Å². The molecule has 0 unspecified atom stereocenters. The fraction of sp³-hybridized carbons (Fsp3) is 0.368. The van der Waals surface area contributed by atoms with Crippen LogP contribution in [-0.2, 0) is 4.74 Å². The van der Waals surface area contributed by atoms with Crippen molar-refractivity contribution in [2.24, 2.45) is 5.92 Å². The summed E-state index contributed by atoms with van der Waals surface area (Å²) < 4.78 is 12.9. The summed E-state index contributed by atoms with van der Waals surface area (Å²) in [6, 6.07) is 14.9. The lowest BCUT2D eigenvalue weighted by atomic mass is 9.77. The number of rotatable bonds is 2. The summed E-state index contributed by atoms with van der Waals surface area (Å²) in [6.07, 6.45) is 2.43. The maximum atomic E-state index is 6.17. The van der Waals surface area contributed by atoms with E-state index in [4.69, 9.17) is 9.47 Å². The van der Waals surface area contributed by atoms with E-state index in [9.17, 15) is 0 Å². The van der Waals surface area contributed by atoms with E-state index >= 15 is 0 Å². The third-order valence-electron chi connectivity index (χ3n) is 4.90. The van der Waals surface area contributed by atoms with Gasteiger partial charge in [0.05, 0.1) is 19.3 Å². The topological polar surface area (TPSA) is 30.5 Å². The van der Waals surface area contributed by atoms with Crippen molar-refractivity contribution >= 4 is 21.6 Å². The van der Waals surface area contributed by atoms with Crippen LogP contribution in [0.25, 0.3) is 0 Å². The molecule has 2 aliphatic rings. The second kappa shape index (κ2) is 6.17. The van der Waals surface area contributed by atoms with E-state index in [0.717, 1.165) is 29.7 Å². The number of halogens is 1. The van der Waals surface area contributed by atoms with Crippen LogP contribution >= 0.6 is 15.9 Å². The number of ether oxygens (including phenoxy) is 2. The average Bonchev–Trinajstić information content (AvgIpc) is 2.61. The van der Waals surface area contributed by atoms with E-state index in [0.29, 0.717) is 5.92 Å². The van der Waals surface area contributed by atoms with Gasteiger partial charge < -0.3 is 14.8 Å². The molecule has 0 amide bonds. The number of hydrogen-bond acceptors (Lipinski definition) is 3. The minimum absolute atomic E-state index is 0.162. The molecule has 2 aromatic carbocycles. The Morgan fingerprint density at radius 3 is 2.91 bits per heavy atom. The summed E-state index contributed by atoms with van der Waals surface area (Å²) >= 11 is 3.60. The normalized spacial score (nSPS) is 25.9. The molecule has 2 aromatic rings. The fourth-order valence-corrected chi connectivity index (χ4v) is 4.25. The molecule has 1 fully saturated rings. The van der Waals surface area contributed by atoms with Crippen LogP contribution in [0, 0.1) is 5.92 Å². The van der Waals surface area contributed by atoms with Crippen LogP contribution in [0.15, 0.2) is 46.9 Å². The molecule has 120 valence electrons. The highest BCUT2D eigenvalue weighted by Gasteiger charge is 2.40. The maximum Gasteiger partial charge on any atom is 0.124 e. The van der Waals surface area contributed by atoms with Crippen molar-refractivity contribution < 1.29 is 9.47 Å². The lowest BCUT2D eigenvalue weighted by Crippen LogP contribution is -2.36. The Bertz CT molecular complexity index is 718. The molecule has 0 bridgehead atoms. The van der Waals surface area contributed by atoms with E-state index in [1.54, 1.807) is 7.11 Å². The van der Waals surface area contributed by atoms with Crippen molar-refractivity contribution in [3.63, 3.8) is 0 Å². The van der Waals surface area contributed by atoms with E-state index in [-0.39, 0.29) is 12.1 Å². The average molecular weight is 374 g/mol. The molecular weight excluding hydrogens is 354 g/mol. The Morgan fingerprint density at radius 2 is 2.04 bits per heavy atom. The van der Waals surface area contributed by atoms with Crippen LogP contribution in [0.4, 0.5) is 5.69 Å². The third kappa shape index (κ3) is 2.64. The molecule has 1 N–H and O–H groups in total. The number of para-hydroxylation sites is 1. The van der Waals surface area contributed by atoms with Crippen molar-refractivity contribution in [1.82, 2.24) is 0 Å². The van der Waals surface area contributed by atoms with E-state index in [1.165, 1.54) is 16.8 Å². The molecule has 0 aromatic heterocycles. The van der Waals surface area contributed by atoms with Crippen LogP contribution in [0.2, 0.25) is 0 Å². The Labute approximate surface area is 145 Å². The van der Waals surface area contributed by atoms with Gasteiger partial charge in [-0.2, -0.15) is 0 Å². The van der Waals surface area contributed by atoms with Crippen molar-refractivity contribution in [3.05, 3.63) is 58.1 Å². The van der Waals surface area contributed by atoms with Gasteiger partial charge >= 0.3 is 0 Å². The highest BCUT2D eigenvalue weighted by atomic mass is 79.9. The van der Waals surface area contributed by atoms with Crippen LogP contribution in [-0.4, -0.2) is 13.7 Å². The molecule has 23 heavy (non-hydrogen) atoms. The Balaban J connectivity index is 1.81. The zero-order valence-corrected chi connectivity index (χ0v) is 14.7. The molecule has 0 radical (unpaired) electrons. The zero-order valence-electron chi connectivity index (χ0n) is 13.1. The van der Waals surface area contributed by atoms with Gasteiger partial charge in [-0.25, -0.2) is 0 Å². The molecule has 0 aliphatic carbocycles. The number of fused-ring (bicyclic) bond motifs is 3. The molecule has 1 saturated heterocycles. The molecule has 3 nitrogen and oxygen atoms in total. The summed E-state index contributed by atoms with van der Waals surface area (Å²) in [4.78, 5) is 0. The second-order valence-corrected chi connectivity index (χ2v) is 7.11. The van der Waals surface area contributed by atoms with Gasteiger partial charge in [0.2, 0.25) is 0 Å². The molecule has 2 aliphatic heterocycles. The van der Waals surface area contributed by atoms with Gasteiger partial charge in [-0.1, -0.05) is 34.1 Å². The van der Waals surface area contributed by atoms with Gasteiger partial charge in [-0.15, -0.1) is 0 Å². The zero-order chi connectivity index (χ0) is 15.8.